The number of amides is 3. The molecule has 0 bridgehead atoms. The molecule has 3 amide bonds. The van der Waals surface area contributed by atoms with Gasteiger partial charge in [-0.15, -0.1) is 0 Å². The van der Waals surface area contributed by atoms with E-state index in [-0.39, 0.29) is 25.4 Å². The van der Waals surface area contributed by atoms with Gasteiger partial charge < -0.3 is 19.9 Å². The summed E-state index contributed by atoms with van der Waals surface area (Å²) in [5, 5.41) is 12.9. The van der Waals surface area contributed by atoms with Crippen molar-refractivity contribution in [1.82, 2.24) is 10.6 Å². The Hall–Kier alpha value is -3.10. The van der Waals surface area contributed by atoms with Crippen molar-refractivity contribution >= 4 is 24.1 Å². The van der Waals surface area contributed by atoms with Crippen molar-refractivity contribution in [1.29, 1.82) is 0 Å². The van der Waals surface area contributed by atoms with Gasteiger partial charge in [0.15, 0.2) is 0 Å². The molecule has 1 aromatic rings. The Kier molecular flexibility index (Phi) is 10.4. The quantitative estimate of drug-likeness (QED) is 0.389. The number of carboxylic acid groups (broad SMARTS) is 1. The number of carbonyl (C=O) groups excluding carboxylic acids is 3. The molecule has 0 radical (unpaired) electrons. The highest BCUT2D eigenvalue weighted by atomic mass is 16.6. The molecule has 1 rings (SSSR count). The summed E-state index contributed by atoms with van der Waals surface area (Å²) in [6, 6.07) is 7.94. The molecule has 0 aliphatic carbocycles. The maximum atomic E-state index is 12.1. The molecule has 9 heteroatoms. The van der Waals surface area contributed by atoms with Gasteiger partial charge in [0, 0.05) is 6.42 Å². The molecular formula is C21H30N2O7. The number of alkyl carbamates (subject to hydrolysis) is 1. The van der Waals surface area contributed by atoms with E-state index in [4.69, 9.17) is 14.6 Å². The van der Waals surface area contributed by atoms with E-state index in [0.717, 1.165) is 5.56 Å². The fraction of sp³-hybridized carbons (Fsp3) is 0.524. The number of rotatable bonds is 10. The lowest BCUT2D eigenvalue weighted by atomic mass is 10.1. The standard InChI is InChI=1S/C21H30N2O7/c1-21(2,3)30-17(24)13-9-5-8-12-16(18(25)23-19(26)27)22-20(28)29-14-15-10-6-4-7-11-15/h4,6-7,10-11,16H,5,8-9,12-14H2,1-3H3,(H,22,28)(H,23,25)(H,26,27)/t16-/m0/s1. The fourth-order valence-electron chi connectivity index (χ4n) is 2.56. The molecule has 0 aliphatic heterocycles. The lowest BCUT2D eigenvalue weighted by Crippen LogP contribution is -2.48. The van der Waals surface area contributed by atoms with Crippen LogP contribution in [0.3, 0.4) is 0 Å². The van der Waals surface area contributed by atoms with Gasteiger partial charge in [0.1, 0.15) is 18.2 Å². The predicted molar refractivity (Wildman–Crippen MR) is 109 cm³/mol. The van der Waals surface area contributed by atoms with Crippen LogP contribution in [-0.2, 0) is 25.7 Å². The molecule has 0 aliphatic rings. The van der Waals surface area contributed by atoms with Crippen LogP contribution in [0.2, 0.25) is 0 Å². The molecule has 0 saturated carbocycles. The number of esters is 1. The summed E-state index contributed by atoms with van der Waals surface area (Å²) >= 11 is 0. The van der Waals surface area contributed by atoms with Crippen molar-refractivity contribution < 1.29 is 33.8 Å². The summed E-state index contributed by atoms with van der Waals surface area (Å²) in [5.74, 6) is -1.14. The molecule has 3 N–H and O–H groups in total. The Balaban J connectivity index is 2.45. The minimum Gasteiger partial charge on any atom is -0.465 e. The van der Waals surface area contributed by atoms with E-state index in [1.165, 1.54) is 0 Å². The van der Waals surface area contributed by atoms with Gasteiger partial charge in [0.05, 0.1) is 0 Å². The summed E-state index contributed by atoms with van der Waals surface area (Å²) in [6.07, 6.45) is -0.215. The van der Waals surface area contributed by atoms with Gasteiger partial charge in [-0.2, -0.15) is 0 Å². The first-order valence-electron chi connectivity index (χ1n) is 9.79. The molecule has 1 aromatic carbocycles. The highest BCUT2D eigenvalue weighted by Gasteiger charge is 2.23. The first-order valence-corrected chi connectivity index (χ1v) is 9.79. The maximum absolute atomic E-state index is 12.1. The average Bonchev–Trinajstić information content (AvgIpc) is 2.64. The van der Waals surface area contributed by atoms with Gasteiger partial charge in [-0.1, -0.05) is 43.2 Å². The average molecular weight is 422 g/mol. The molecule has 0 fully saturated rings. The van der Waals surface area contributed by atoms with Crippen molar-refractivity contribution in [2.45, 2.75) is 71.1 Å². The molecular weight excluding hydrogens is 392 g/mol. The predicted octanol–water partition coefficient (Wildman–Crippen LogP) is 3.37. The number of benzene rings is 1. The highest BCUT2D eigenvalue weighted by Crippen LogP contribution is 2.12. The van der Waals surface area contributed by atoms with Gasteiger partial charge in [-0.25, -0.2) is 9.59 Å². The largest absolute Gasteiger partial charge is 0.465 e. The normalized spacial score (nSPS) is 11.8. The zero-order valence-corrected chi connectivity index (χ0v) is 17.6. The number of carbonyl (C=O) groups is 4. The van der Waals surface area contributed by atoms with E-state index < -0.39 is 29.7 Å². The molecule has 0 spiro atoms. The van der Waals surface area contributed by atoms with Gasteiger partial charge in [-0.05, 0) is 39.2 Å². The number of nitrogens with one attached hydrogen (secondary N) is 2. The van der Waals surface area contributed by atoms with Crippen LogP contribution in [0.4, 0.5) is 9.59 Å². The summed E-state index contributed by atoms with van der Waals surface area (Å²) in [7, 11) is 0. The second-order valence-corrected chi connectivity index (χ2v) is 7.74. The topological polar surface area (TPSA) is 131 Å². The Bertz CT molecular complexity index is 714. The van der Waals surface area contributed by atoms with Crippen LogP contribution < -0.4 is 10.6 Å². The second-order valence-electron chi connectivity index (χ2n) is 7.74. The number of ether oxygens (including phenoxy) is 2. The lowest BCUT2D eigenvalue weighted by Gasteiger charge is -2.19. The van der Waals surface area contributed by atoms with Gasteiger partial charge in [0.2, 0.25) is 0 Å². The van der Waals surface area contributed by atoms with Crippen molar-refractivity contribution in [2.75, 3.05) is 0 Å². The van der Waals surface area contributed by atoms with E-state index in [1.54, 1.807) is 50.4 Å². The number of hydrogen-bond acceptors (Lipinski definition) is 6. The first-order chi connectivity index (χ1) is 14.1. The number of hydrogen-bond donors (Lipinski definition) is 3. The van der Waals surface area contributed by atoms with E-state index in [2.05, 4.69) is 5.32 Å². The first kappa shape index (κ1) is 24.9. The number of unbranched alkanes of at least 4 members (excludes halogenated alkanes) is 2. The SMILES string of the molecule is CC(C)(C)OC(=O)CCCCC[C@H](NC(=O)OCc1ccccc1)C(=O)NC(=O)O. The van der Waals surface area contributed by atoms with Gasteiger partial charge >= 0.3 is 18.2 Å². The van der Waals surface area contributed by atoms with Crippen LogP contribution in [0.15, 0.2) is 30.3 Å². The van der Waals surface area contributed by atoms with Crippen LogP contribution in [0.1, 0.15) is 58.4 Å². The highest BCUT2D eigenvalue weighted by molar-refractivity contribution is 5.95. The third kappa shape index (κ3) is 11.7. The summed E-state index contributed by atoms with van der Waals surface area (Å²) in [5.41, 5.74) is 0.238. The summed E-state index contributed by atoms with van der Waals surface area (Å²) < 4.78 is 10.3. The van der Waals surface area contributed by atoms with E-state index >= 15 is 0 Å². The smallest absolute Gasteiger partial charge is 0.411 e. The molecule has 0 unspecified atom stereocenters. The molecule has 0 aromatic heterocycles. The Morgan fingerprint density at radius 1 is 1.03 bits per heavy atom. The molecule has 9 nitrogen and oxygen atoms in total. The zero-order chi connectivity index (χ0) is 22.6. The van der Waals surface area contributed by atoms with Crippen LogP contribution in [0, 0.1) is 0 Å². The van der Waals surface area contributed by atoms with Gasteiger partial charge in [-0.3, -0.25) is 14.9 Å². The molecule has 166 valence electrons. The molecule has 30 heavy (non-hydrogen) atoms. The van der Waals surface area contributed by atoms with Crippen molar-refractivity contribution in [3.8, 4) is 0 Å². The third-order valence-electron chi connectivity index (χ3n) is 3.85. The molecule has 0 saturated heterocycles. The molecule has 0 heterocycles. The Morgan fingerprint density at radius 2 is 1.70 bits per heavy atom. The Morgan fingerprint density at radius 3 is 2.30 bits per heavy atom. The monoisotopic (exact) mass is 422 g/mol. The van der Waals surface area contributed by atoms with Gasteiger partial charge in [0.25, 0.3) is 5.91 Å². The van der Waals surface area contributed by atoms with E-state index in [9.17, 15) is 19.2 Å². The second kappa shape index (κ2) is 12.5. The Labute approximate surface area is 176 Å². The number of imide groups is 1. The summed E-state index contributed by atoms with van der Waals surface area (Å²) in [4.78, 5) is 46.5. The minimum absolute atomic E-state index is 0.0236. The minimum atomic E-state index is -1.51. The fourth-order valence-corrected chi connectivity index (χ4v) is 2.56. The van der Waals surface area contributed by atoms with Crippen LogP contribution in [0.25, 0.3) is 0 Å². The summed E-state index contributed by atoms with van der Waals surface area (Å²) in [6.45, 7) is 5.40. The van der Waals surface area contributed by atoms with Crippen molar-refractivity contribution in [3.05, 3.63) is 35.9 Å². The van der Waals surface area contributed by atoms with E-state index in [0.29, 0.717) is 19.3 Å². The maximum Gasteiger partial charge on any atom is 0.411 e. The van der Waals surface area contributed by atoms with Crippen LogP contribution in [0.5, 0.6) is 0 Å². The zero-order valence-electron chi connectivity index (χ0n) is 17.6. The molecule has 1 atom stereocenters. The van der Waals surface area contributed by atoms with Crippen LogP contribution >= 0.6 is 0 Å². The van der Waals surface area contributed by atoms with Crippen molar-refractivity contribution in [3.63, 3.8) is 0 Å². The van der Waals surface area contributed by atoms with Crippen molar-refractivity contribution in [2.24, 2.45) is 0 Å². The van der Waals surface area contributed by atoms with E-state index in [1.807, 2.05) is 6.07 Å². The third-order valence-corrected chi connectivity index (χ3v) is 3.85. The van der Waals surface area contributed by atoms with Crippen LogP contribution in [-0.4, -0.2) is 40.8 Å². The lowest BCUT2D eigenvalue weighted by molar-refractivity contribution is -0.155.